The number of ether oxygens (including phenoxy) is 1. The first-order valence-corrected chi connectivity index (χ1v) is 9.63. The van der Waals surface area contributed by atoms with E-state index >= 15 is 0 Å². The lowest BCUT2D eigenvalue weighted by molar-refractivity contribution is 0.414. The Kier molecular flexibility index (Phi) is 6.12. The smallest absolute Gasteiger partial charge is 0.325 e. The van der Waals surface area contributed by atoms with Crippen LogP contribution in [0, 0.1) is 0 Å². The van der Waals surface area contributed by atoms with Crippen molar-refractivity contribution in [2.45, 2.75) is 31.3 Å². The van der Waals surface area contributed by atoms with Gasteiger partial charge in [-0.25, -0.2) is 4.79 Å². The summed E-state index contributed by atoms with van der Waals surface area (Å²) in [6.45, 7) is 2.14. The van der Waals surface area contributed by atoms with E-state index in [4.69, 9.17) is 4.74 Å². The second-order valence-corrected chi connectivity index (χ2v) is 6.99. The quantitative estimate of drug-likeness (QED) is 0.453. The van der Waals surface area contributed by atoms with Crippen LogP contribution in [0.3, 0.4) is 0 Å². The zero-order valence-corrected chi connectivity index (χ0v) is 16.0. The van der Waals surface area contributed by atoms with E-state index in [-0.39, 0.29) is 6.42 Å². The Hall–Kier alpha value is -2.81. The van der Waals surface area contributed by atoms with E-state index in [1.165, 1.54) is 6.07 Å². The molecule has 3 aromatic rings. The highest BCUT2D eigenvalue weighted by Crippen LogP contribution is 2.26. The van der Waals surface area contributed by atoms with Crippen LogP contribution >= 0.6 is 11.8 Å². The molecule has 8 nitrogen and oxygen atoms in total. The van der Waals surface area contributed by atoms with Gasteiger partial charge in [0.25, 0.3) is 5.56 Å². The van der Waals surface area contributed by atoms with E-state index in [0.29, 0.717) is 11.5 Å². The van der Waals surface area contributed by atoms with E-state index in [9.17, 15) is 9.59 Å². The normalized spacial score (nSPS) is 10.9. The van der Waals surface area contributed by atoms with Gasteiger partial charge >= 0.3 is 5.69 Å². The number of benzene rings is 1. The summed E-state index contributed by atoms with van der Waals surface area (Å²) < 4.78 is 7.26. The van der Waals surface area contributed by atoms with Crippen LogP contribution < -0.4 is 16.0 Å². The molecule has 0 amide bonds. The predicted molar refractivity (Wildman–Crippen MR) is 104 cm³/mol. The largest absolute Gasteiger partial charge is 0.497 e. The van der Waals surface area contributed by atoms with E-state index in [2.05, 4.69) is 27.1 Å². The molecule has 0 spiro atoms. The van der Waals surface area contributed by atoms with Gasteiger partial charge in [0, 0.05) is 30.0 Å². The number of unbranched alkanes of at least 4 members (excludes halogenated alkanes) is 1. The number of aromatic nitrogens is 5. The number of thioether (sulfide) groups is 1. The molecular weight excluding hydrogens is 366 g/mol. The van der Waals surface area contributed by atoms with Crippen molar-refractivity contribution in [3.05, 3.63) is 62.7 Å². The maximum atomic E-state index is 11.6. The third-order valence-corrected chi connectivity index (χ3v) is 4.92. The Bertz CT molecular complexity index is 996. The van der Waals surface area contributed by atoms with Crippen molar-refractivity contribution in [2.75, 3.05) is 12.9 Å². The number of H-pyrrole nitrogens is 2. The van der Waals surface area contributed by atoms with Crippen LogP contribution in [0.15, 0.2) is 45.1 Å². The van der Waals surface area contributed by atoms with Crippen molar-refractivity contribution in [3.63, 3.8) is 0 Å². The van der Waals surface area contributed by atoms with E-state index in [0.717, 1.165) is 35.2 Å². The minimum atomic E-state index is -0.539. The predicted octanol–water partition coefficient (Wildman–Crippen LogP) is 2.14. The number of rotatable bonds is 8. The number of aromatic amines is 2. The average molecular weight is 387 g/mol. The van der Waals surface area contributed by atoms with Crippen LogP contribution in [-0.2, 0) is 6.42 Å². The molecule has 0 fully saturated rings. The minimum absolute atomic E-state index is 0.276. The lowest BCUT2D eigenvalue weighted by atomic mass is 10.2. The van der Waals surface area contributed by atoms with Crippen molar-refractivity contribution >= 4 is 11.8 Å². The molecule has 0 bridgehead atoms. The second kappa shape index (κ2) is 8.72. The van der Waals surface area contributed by atoms with Crippen molar-refractivity contribution in [1.82, 2.24) is 24.7 Å². The standard InChI is InChI=1S/C18H21N5O3S/c1-3-4-8-27-18-22-21-15(9-12-10-16(24)20-17(25)19-12)23(18)13-6-5-7-14(11-13)26-2/h5-7,10-11H,3-4,8-9H2,1-2H3,(H2,19,20,24,25). The number of methoxy groups -OCH3 is 1. The van der Waals surface area contributed by atoms with Gasteiger partial charge in [0.05, 0.1) is 12.8 Å². The van der Waals surface area contributed by atoms with Crippen molar-refractivity contribution in [3.8, 4) is 11.4 Å². The van der Waals surface area contributed by atoms with Gasteiger partial charge in [-0.15, -0.1) is 10.2 Å². The summed E-state index contributed by atoms with van der Waals surface area (Å²) in [5.41, 5.74) is 0.354. The number of nitrogens with zero attached hydrogens (tertiary/aromatic N) is 3. The molecule has 0 saturated heterocycles. The first-order chi connectivity index (χ1) is 13.1. The Balaban J connectivity index is 2.02. The summed E-state index contributed by atoms with van der Waals surface area (Å²) in [6.07, 6.45) is 2.45. The lowest BCUT2D eigenvalue weighted by Gasteiger charge is -2.11. The molecule has 27 heavy (non-hydrogen) atoms. The highest BCUT2D eigenvalue weighted by molar-refractivity contribution is 7.99. The summed E-state index contributed by atoms with van der Waals surface area (Å²) in [5, 5.41) is 9.38. The minimum Gasteiger partial charge on any atom is -0.497 e. The third-order valence-electron chi connectivity index (χ3n) is 3.91. The van der Waals surface area contributed by atoms with Crippen LogP contribution in [0.4, 0.5) is 0 Å². The molecule has 3 rings (SSSR count). The highest BCUT2D eigenvalue weighted by atomic mass is 32.2. The summed E-state index contributed by atoms with van der Waals surface area (Å²) >= 11 is 1.63. The van der Waals surface area contributed by atoms with Crippen LogP contribution in [0.5, 0.6) is 5.75 Å². The summed E-state index contributed by atoms with van der Waals surface area (Å²) in [7, 11) is 1.62. The molecule has 0 unspecified atom stereocenters. The van der Waals surface area contributed by atoms with Gasteiger partial charge in [0.1, 0.15) is 11.6 Å². The molecule has 0 aliphatic rings. The fourth-order valence-corrected chi connectivity index (χ4v) is 3.66. The first kappa shape index (κ1) is 19.0. The van der Waals surface area contributed by atoms with Gasteiger partial charge < -0.3 is 9.72 Å². The Morgan fingerprint density at radius 3 is 2.78 bits per heavy atom. The second-order valence-electron chi connectivity index (χ2n) is 5.93. The van der Waals surface area contributed by atoms with E-state index in [1.54, 1.807) is 18.9 Å². The Morgan fingerprint density at radius 2 is 2.04 bits per heavy atom. The molecule has 0 saturated carbocycles. The zero-order valence-electron chi connectivity index (χ0n) is 15.2. The monoisotopic (exact) mass is 387 g/mol. The SMILES string of the molecule is CCCCSc1nnc(Cc2cc(=O)[nH]c(=O)[nH]2)n1-c1cccc(OC)c1. The molecule has 0 radical (unpaired) electrons. The maximum Gasteiger partial charge on any atom is 0.325 e. The summed E-state index contributed by atoms with van der Waals surface area (Å²) in [5.74, 6) is 2.28. The number of hydrogen-bond donors (Lipinski definition) is 2. The molecule has 0 aliphatic heterocycles. The third kappa shape index (κ3) is 4.68. The zero-order chi connectivity index (χ0) is 19.2. The number of nitrogens with one attached hydrogen (secondary N) is 2. The van der Waals surface area contributed by atoms with Gasteiger partial charge in [-0.2, -0.15) is 0 Å². The molecular formula is C18H21N5O3S. The molecule has 142 valence electrons. The Morgan fingerprint density at radius 1 is 1.19 bits per heavy atom. The average Bonchev–Trinajstić information content (AvgIpc) is 3.03. The summed E-state index contributed by atoms with van der Waals surface area (Å²) in [6, 6.07) is 8.96. The van der Waals surface area contributed by atoms with Crippen LogP contribution in [-0.4, -0.2) is 37.6 Å². The van der Waals surface area contributed by atoms with Gasteiger partial charge in [-0.1, -0.05) is 31.2 Å². The summed E-state index contributed by atoms with van der Waals surface area (Å²) in [4.78, 5) is 27.9. The van der Waals surface area contributed by atoms with Gasteiger partial charge in [0.2, 0.25) is 0 Å². The van der Waals surface area contributed by atoms with Gasteiger partial charge in [-0.05, 0) is 18.6 Å². The highest BCUT2D eigenvalue weighted by Gasteiger charge is 2.16. The first-order valence-electron chi connectivity index (χ1n) is 8.64. The van der Waals surface area contributed by atoms with E-state index < -0.39 is 11.2 Å². The van der Waals surface area contributed by atoms with E-state index in [1.807, 2.05) is 28.8 Å². The van der Waals surface area contributed by atoms with Crippen molar-refractivity contribution < 1.29 is 4.74 Å². The van der Waals surface area contributed by atoms with Crippen LogP contribution in [0.1, 0.15) is 31.3 Å². The lowest BCUT2D eigenvalue weighted by Crippen LogP contribution is -2.23. The number of hydrogen-bond acceptors (Lipinski definition) is 6. The molecule has 0 aliphatic carbocycles. The van der Waals surface area contributed by atoms with Crippen molar-refractivity contribution in [1.29, 1.82) is 0 Å². The molecule has 2 heterocycles. The van der Waals surface area contributed by atoms with Crippen molar-refractivity contribution in [2.24, 2.45) is 0 Å². The molecule has 9 heteroatoms. The molecule has 1 aromatic carbocycles. The molecule has 0 atom stereocenters. The van der Waals surface area contributed by atoms with Gasteiger partial charge in [-0.3, -0.25) is 14.3 Å². The maximum absolute atomic E-state index is 11.6. The topological polar surface area (TPSA) is 106 Å². The van der Waals surface area contributed by atoms with Gasteiger partial charge in [0.15, 0.2) is 5.16 Å². The van der Waals surface area contributed by atoms with Crippen LogP contribution in [0.2, 0.25) is 0 Å². The molecule has 2 aromatic heterocycles. The fraction of sp³-hybridized carbons (Fsp3) is 0.333. The Labute approximate surface area is 160 Å². The van der Waals surface area contributed by atoms with Crippen LogP contribution in [0.25, 0.3) is 5.69 Å². The fourth-order valence-electron chi connectivity index (χ4n) is 2.61. The molecule has 2 N–H and O–H groups in total.